The molecule has 1 heterocycles. The lowest BCUT2D eigenvalue weighted by Crippen LogP contribution is -2.40. The number of thioether (sulfide) groups is 1. The SMILES string of the molecule is CCNC(=O)NC(=O)CSc1nc2ccccc2c(=O)n1CCCOCC. The fourth-order valence-corrected chi connectivity index (χ4v) is 3.25. The van der Waals surface area contributed by atoms with Gasteiger partial charge in [0.1, 0.15) is 0 Å². The Balaban J connectivity index is 2.18. The van der Waals surface area contributed by atoms with E-state index in [1.54, 1.807) is 29.7 Å². The Morgan fingerprint density at radius 1 is 1.26 bits per heavy atom. The highest BCUT2D eigenvalue weighted by Gasteiger charge is 2.14. The number of ether oxygens (including phenoxy) is 1. The van der Waals surface area contributed by atoms with Crippen molar-refractivity contribution in [1.29, 1.82) is 0 Å². The second kappa shape index (κ2) is 10.7. The number of nitrogens with zero attached hydrogens (tertiary/aromatic N) is 2. The molecule has 1 aromatic carbocycles. The van der Waals surface area contributed by atoms with Gasteiger partial charge in [-0.25, -0.2) is 9.78 Å². The number of fused-ring (bicyclic) bond motifs is 1. The van der Waals surface area contributed by atoms with E-state index < -0.39 is 11.9 Å². The highest BCUT2D eigenvalue weighted by atomic mass is 32.2. The molecule has 0 saturated carbocycles. The minimum atomic E-state index is -0.538. The lowest BCUT2D eigenvalue weighted by atomic mass is 10.2. The van der Waals surface area contributed by atoms with E-state index in [9.17, 15) is 14.4 Å². The first-order valence-corrected chi connectivity index (χ1v) is 9.83. The normalized spacial score (nSPS) is 10.7. The van der Waals surface area contributed by atoms with Crippen molar-refractivity contribution >= 4 is 34.6 Å². The van der Waals surface area contributed by atoms with Crippen LogP contribution in [0.4, 0.5) is 4.79 Å². The standard InChI is InChI=1S/C18H24N4O4S/c1-3-19-17(25)21-15(23)12-27-18-20-14-9-6-5-8-13(14)16(24)22(18)10-7-11-26-4-2/h5-6,8-9H,3-4,7,10-12H2,1-2H3,(H2,19,21,23,25). The molecule has 2 aromatic rings. The molecule has 27 heavy (non-hydrogen) atoms. The average molecular weight is 392 g/mol. The highest BCUT2D eigenvalue weighted by molar-refractivity contribution is 7.99. The van der Waals surface area contributed by atoms with Gasteiger partial charge in [-0.05, 0) is 32.4 Å². The highest BCUT2D eigenvalue weighted by Crippen LogP contribution is 2.18. The minimum absolute atomic E-state index is 0.0205. The summed E-state index contributed by atoms with van der Waals surface area (Å²) in [6.45, 7) is 5.70. The van der Waals surface area contributed by atoms with Crippen molar-refractivity contribution in [3.8, 4) is 0 Å². The molecule has 0 bridgehead atoms. The predicted molar refractivity (Wildman–Crippen MR) is 105 cm³/mol. The van der Waals surface area contributed by atoms with Crippen LogP contribution in [0.3, 0.4) is 0 Å². The van der Waals surface area contributed by atoms with Crippen LogP contribution in [0.15, 0.2) is 34.2 Å². The molecular weight excluding hydrogens is 368 g/mol. The van der Waals surface area contributed by atoms with Crippen LogP contribution in [0, 0.1) is 0 Å². The number of amides is 3. The van der Waals surface area contributed by atoms with Crippen LogP contribution in [-0.2, 0) is 16.1 Å². The molecule has 9 heteroatoms. The third-order valence-corrected chi connectivity index (χ3v) is 4.60. The first-order valence-electron chi connectivity index (χ1n) is 8.84. The number of imide groups is 1. The number of carbonyl (C=O) groups excluding carboxylic acids is 2. The summed E-state index contributed by atoms with van der Waals surface area (Å²) in [6, 6.07) is 6.57. The van der Waals surface area contributed by atoms with E-state index in [2.05, 4.69) is 15.6 Å². The van der Waals surface area contributed by atoms with Crippen LogP contribution in [0.25, 0.3) is 10.9 Å². The Morgan fingerprint density at radius 3 is 2.78 bits per heavy atom. The van der Waals surface area contributed by atoms with Crippen molar-refractivity contribution in [1.82, 2.24) is 20.2 Å². The molecule has 0 saturated heterocycles. The minimum Gasteiger partial charge on any atom is -0.382 e. The van der Waals surface area contributed by atoms with E-state index in [1.165, 1.54) is 0 Å². The first kappa shape index (κ1) is 20.9. The lowest BCUT2D eigenvalue weighted by Gasteiger charge is -2.13. The van der Waals surface area contributed by atoms with Gasteiger partial charge in [-0.3, -0.25) is 19.5 Å². The Kier molecular flexibility index (Phi) is 8.28. The van der Waals surface area contributed by atoms with E-state index >= 15 is 0 Å². The fourth-order valence-electron chi connectivity index (χ4n) is 2.42. The van der Waals surface area contributed by atoms with E-state index in [0.717, 1.165) is 11.8 Å². The van der Waals surface area contributed by atoms with Crippen molar-refractivity contribution in [2.75, 3.05) is 25.5 Å². The molecule has 0 atom stereocenters. The Hall–Kier alpha value is -2.39. The maximum absolute atomic E-state index is 12.8. The quantitative estimate of drug-likeness (QED) is 0.383. The van der Waals surface area contributed by atoms with Crippen LogP contribution in [0.1, 0.15) is 20.3 Å². The Bertz CT molecular complexity index is 853. The van der Waals surface area contributed by atoms with Gasteiger partial charge in [-0.2, -0.15) is 0 Å². The van der Waals surface area contributed by atoms with Gasteiger partial charge in [0.05, 0.1) is 16.7 Å². The van der Waals surface area contributed by atoms with Crippen LogP contribution in [0.2, 0.25) is 0 Å². The molecule has 0 spiro atoms. The van der Waals surface area contributed by atoms with Gasteiger partial charge in [0.25, 0.3) is 5.56 Å². The molecule has 0 aliphatic rings. The van der Waals surface area contributed by atoms with Gasteiger partial charge in [0.2, 0.25) is 5.91 Å². The largest absolute Gasteiger partial charge is 0.382 e. The topological polar surface area (TPSA) is 102 Å². The van der Waals surface area contributed by atoms with E-state index in [0.29, 0.717) is 48.8 Å². The van der Waals surface area contributed by atoms with Crippen LogP contribution in [0.5, 0.6) is 0 Å². The van der Waals surface area contributed by atoms with E-state index in [1.807, 2.05) is 13.0 Å². The molecule has 0 aliphatic carbocycles. The summed E-state index contributed by atoms with van der Waals surface area (Å²) >= 11 is 1.13. The average Bonchev–Trinajstić information content (AvgIpc) is 2.65. The second-order valence-corrected chi connectivity index (χ2v) is 6.56. The van der Waals surface area contributed by atoms with E-state index in [-0.39, 0.29) is 11.3 Å². The molecule has 1 aromatic heterocycles. The van der Waals surface area contributed by atoms with Crippen LogP contribution < -0.4 is 16.2 Å². The number of rotatable bonds is 9. The van der Waals surface area contributed by atoms with Gasteiger partial charge < -0.3 is 10.1 Å². The lowest BCUT2D eigenvalue weighted by molar-refractivity contribution is -0.117. The van der Waals surface area contributed by atoms with Crippen molar-refractivity contribution in [3.05, 3.63) is 34.6 Å². The number of hydrogen-bond acceptors (Lipinski definition) is 6. The zero-order valence-electron chi connectivity index (χ0n) is 15.5. The number of para-hydroxylation sites is 1. The van der Waals surface area contributed by atoms with Gasteiger partial charge in [0.15, 0.2) is 5.16 Å². The molecule has 146 valence electrons. The number of aromatic nitrogens is 2. The zero-order chi connectivity index (χ0) is 19.6. The number of nitrogens with one attached hydrogen (secondary N) is 2. The molecular formula is C18H24N4O4S. The fraction of sp³-hybridized carbons (Fsp3) is 0.444. The number of urea groups is 1. The summed E-state index contributed by atoms with van der Waals surface area (Å²) in [7, 11) is 0. The maximum Gasteiger partial charge on any atom is 0.321 e. The Labute approximate surface area is 161 Å². The van der Waals surface area contributed by atoms with Crippen LogP contribution in [-0.4, -0.2) is 47.0 Å². The molecule has 0 radical (unpaired) electrons. The van der Waals surface area contributed by atoms with E-state index in [4.69, 9.17) is 4.74 Å². The zero-order valence-corrected chi connectivity index (χ0v) is 16.3. The molecule has 8 nitrogen and oxygen atoms in total. The third-order valence-electron chi connectivity index (χ3n) is 3.62. The summed E-state index contributed by atoms with van der Waals surface area (Å²) < 4.78 is 6.90. The second-order valence-electron chi connectivity index (χ2n) is 5.62. The van der Waals surface area contributed by atoms with Crippen LogP contribution >= 0.6 is 11.8 Å². The molecule has 3 amide bonds. The Morgan fingerprint density at radius 2 is 2.04 bits per heavy atom. The summed E-state index contributed by atoms with van der Waals surface area (Å²) in [5.41, 5.74) is 0.430. The molecule has 2 rings (SSSR count). The maximum atomic E-state index is 12.8. The number of carbonyl (C=O) groups is 2. The van der Waals surface area contributed by atoms with Gasteiger partial charge in [-0.1, -0.05) is 23.9 Å². The van der Waals surface area contributed by atoms with Crippen molar-refractivity contribution < 1.29 is 14.3 Å². The third kappa shape index (κ3) is 6.07. The van der Waals surface area contributed by atoms with Gasteiger partial charge >= 0.3 is 6.03 Å². The van der Waals surface area contributed by atoms with Gasteiger partial charge in [-0.15, -0.1) is 0 Å². The monoisotopic (exact) mass is 392 g/mol. The molecule has 2 N–H and O–H groups in total. The number of hydrogen-bond donors (Lipinski definition) is 2. The molecule has 0 fully saturated rings. The molecule has 0 aliphatic heterocycles. The summed E-state index contributed by atoms with van der Waals surface area (Å²) in [4.78, 5) is 40.7. The predicted octanol–water partition coefficient (Wildman–Crippen LogP) is 1.76. The van der Waals surface area contributed by atoms with Gasteiger partial charge in [0, 0.05) is 26.3 Å². The van der Waals surface area contributed by atoms with Crippen molar-refractivity contribution in [2.45, 2.75) is 32.0 Å². The smallest absolute Gasteiger partial charge is 0.321 e. The summed E-state index contributed by atoms with van der Waals surface area (Å²) in [5.74, 6) is -0.470. The molecule has 0 unspecified atom stereocenters. The summed E-state index contributed by atoms with van der Waals surface area (Å²) in [5, 5.41) is 5.71. The van der Waals surface area contributed by atoms with Crippen molar-refractivity contribution in [2.24, 2.45) is 0 Å². The van der Waals surface area contributed by atoms with Crippen molar-refractivity contribution in [3.63, 3.8) is 0 Å². The number of benzene rings is 1. The first-order chi connectivity index (χ1) is 13.1. The summed E-state index contributed by atoms with van der Waals surface area (Å²) in [6.07, 6.45) is 0.659.